The van der Waals surface area contributed by atoms with Gasteiger partial charge in [-0.1, -0.05) is 42.5 Å². The number of terminal acetylenes is 1. The summed E-state index contributed by atoms with van der Waals surface area (Å²) in [6.07, 6.45) is 6.69. The molecule has 1 N–H and O–H groups in total. The average molecular weight is 280 g/mol. The van der Waals surface area contributed by atoms with Crippen molar-refractivity contribution in [3.05, 3.63) is 65.7 Å². The van der Waals surface area contributed by atoms with E-state index >= 15 is 0 Å². The SMILES string of the molecule is C#CC[C@@H](O)CCc1ccc(OCc2ccccc2)cc1. The Morgan fingerprint density at radius 1 is 1.00 bits per heavy atom. The second kappa shape index (κ2) is 8.14. The first kappa shape index (κ1) is 15.2. The Morgan fingerprint density at radius 2 is 1.71 bits per heavy atom. The van der Waals surface area contributed by atoms with E-state index in [1.165, 1.54) is 5.56 Å². The van der Waals surface area contributed by atoms with Gasteiger partial charge >= 0.3 is 0 Å². The monoisotopic (exact) mass is 280 g/mol. The first-order valence-corrected chi connectivity index (χ1v) is 7.15. The Bertz CT molecular complexity index is 567. The van der Waals surface area contributed by atoms with Crippen molar-refractivity contribution in [2.45, 2.75) is 32.0 Å². The number of aliphatic hydroxyl groups excluding tert-OH is 1. The zero-order valence-corrected chi connectivity index (χ0v) is 12.0. The smallest absolute Gasteiger partial charge is 0.119 e. The van der Waals surface area contributed by atoms with Crippen LogP contribution in [0.25, 0.3) is 0 Å². The number of aryl methyl sites for hydroxylation is 1. The predicted molar refractivity (Wildman–Crippen MR) is 85.0 cm³/mol. The highest BCUT2D eigenvalue weighted by Gasteiger charge is 2.03. The topological polar surface area (TPSA) is 29.5 Å². The number of hydrogen-bond donors (Lipinski definition) is 1. The molecular formula is C19H20O2. The highest BCUT2D eigenvalue weighted by Crippen LogP contribution is 2.16. The molecule has 2 rings (SSSR count). The van der Waals surface area contributed by atoms with E-state index in [0.29, 0.717) is 19.4 Å². The van der Waals surface area contributed by atoms with Crippen LogP contribution in [-0.2, 0) is 13.0 Å². The van der Waals surface area contributed by atoms with E-state index in [4.69, 9.17) is 11.2 Å². The first-order valence-electron chi connectivity index (χ1n) is 7.15. The Hall–Kier alpha value is -2.24. The van der Waals surface area contributed by atoms with Gasteiger partial charge in [0.1, 0.15) is 12.4 Å². The number of benzene rings is 2. The number of ether oxygens (including phenoxy) is 1. The molecule has 2 nitrogen and oxygen atoms in total. The molecule has 0 saturated heterocycles. The molecule has 2 aromatic rings. The summed E-state index contributed by atoms with van der Waals surface area (Å²) in [5.41, 5.74) is 2.33. The third kappa shape index (κ3) is 5.33. The molecule has 21 heavy (non-hydrogen) atoms. The molecule has 2 aromatic carbocycles. The van der Waals surface area contributed by atoms with Crippen molar-refractivity contribution >= 4 is 0 Å². The Labute approximate surface area is 126 Å². The third-order valence-corrected chi connectivity index (χ3v) is 3.29. The second-order valence-electron chi connectivity index (χ2n) is 5.02. The molecule has 2 heteroatoms. The van der Waals surface area contributed by atoms with Gasteiger partial charge in [-0.2, -0.15) is 0 Å². The lowest BCUT2D eigenvalue weighted by Gasteiger charge is -2.09. The molecule has 0 amide bonds. The van der Waals surface area contributed by atoms with E-state index in [9.17, 15) is 5.11 Å². The summed E-state index contributed by atoms with van der Waals surface area (Å²) in [4.78, 5) is 0. The van der Waals surface area contributed by atoms with Gasteiger partial charge in [-0.15, -0.1) is 12.3 Å². The lowest BCUT2D eigenvalue weighted by Crippen LogP contribution is -2.06. The van der Waals surface area contributed by atoms with Crippen molar-refractivity contribution in [3.63, 3.8) is 0 Å². The van der Waals surface area contributed by atoms with E-state index in [1.54, 1.807) is 0 Å². The fourth-order valence-electron chi connectivity index (χ4n) is 2.06. The summed E-state index contributed by atoms with van der Waals surface area (Å²) >= 11 is 0. The van der Waals surface area contributed by atoms with Crippen molar-refractivity contribution in [3.8, 4) is 18.1 Å². The highest BCUT2D eigenvalue weighted by atomic mass is 16.5. The summed E-state index contributed by atoms with van der Waals surface area (Å²) in [7, 11) is 0. The van der Waals surface area contributed by atoms with Crippen LogP contribution in [0.4, 0.5) is 0 Å². The summed E-state index contributed by atoms with van der Waals surface area (Å²) in [5, 5.41) is 9.61. The minimum Gasteiger partial charge on any atom is -0.489 e. The average Bonchev–Trinajstić information content (AvgIpc) is 2.53. The van der Waals surface area contributed by atoms with Crippen molar-refractivity contribution in [2.75, 3.05) is 0 Å². The first-order chi connectivity index (χ1) is 10.3. The van der Waals surface area contributed by atoms with Crippen molar-refractivity contribution < 1.29 is 9.84 Å². The van der Waals surface area contributed by atoms with Gasteiger partial charge in [-0.3, -0.25) is 0 Å². The standard InChI is InChI=1S/C19H20O2/c1-2-6-18(20)12-9-16-10-13-19(14-11-16)21-15-17-7-4-3-5-8-17/h1,3-5,7-8,10-11,13-14,18,20H,6,9,12,15H2/t18-/m1/s1. The van der Waals surface area contributed by atoms with Gasteiger partial charge in [-0.05, 0) is 36.1 Å². The Morgan fingerprint density at radius 3 is 2.38 bits per heavy atom. The van der Waals surface area contributed by atoms with E-state index < -0.39 is 6.10 Å². The van der Waals surface area contributed by atoms with Crippen LogP contribution in [0.15, 0.2) is 54.6 Å². The molecule has 0 aliphatic carbocycles. The van der Waals surface area contributed by atoms with Crippen LogP contribution < -0.4 is 4.74 Å². The number of rotatable bonds is 7. The highest BCUT2D eigenvalue weighted by molar-refractivity contribution is 5.28. The molecule has 0 unspecified atom stereocenters. The molecule has 0 aliphatic heterocycles. The lowest BCUT2D eigenvalue weighted by atomic mass is 10.1. The predicted octanol–water partition coefficient (Wildman–Crippen LogP) is 3.58. The summed E-state index contributed by atoms with van der Waals surface area (Å²) in [6.45, 7) is 0.571. The Balaban J connectivity index is 1.80. The van der Waals surface area contributed by atoms with Crippen molar-refractivity contribution in [1.29, 1.82) is 0 Å². The molecule has 0 bridgehead atoms. The van der Waals surface area contributed by atoms with E-state index in [2.05, 4.69) is 5.92 Å². The maximum Gasteiger partial charge on any atom is 0.119 e. The van der Waals surface area contributed by atoms with Gasteiger partial charge in [0.05, 0.1) is 6.10 Å². The fourth-order valence-corrected chi connectivity index (χ4v) is 2.06. The van der Waals surface area contributed by atoms with Gasteiger partial charge in [0.25, 0.3) is 0 Å². The minimum absolute atomic E-state index is 0.413. The normalized spacial score (nSPS) is 11.6. The van der Waals surface area contributed by atoms with Gasteiger partial charge in [0.15, 0.2) is 0 Å². The molecule has 0 radical (unpaired) electrons. The van der Waals surface area contributed by atoms with E-state index in [0.717, 1.165) is 17.7 Å². The second-order valence-corrected chi connectivity index (χ2v) is 5.02. The summed E-state index contributed by atoms with van der Waals surface area (Å²) in [6, 6.07) is 18.1. The van der Waals surface area contributed by atoms with Gasteiger partial charge < -0.3 is 9.84 Å². The van der Waals surface area contributed by atoms with Crippen LogP contribution in [0.5, 0.6) is 5.75 Å². The van der Waals surface area contributed by atoms with E-state index in [-0.39, 0.29) is 0 Å². The van der Waals surface area contributed by atoms with Crippen LogP contribution in [0, 0.1) is 12.3 Å². The van der Waals surface area contributed by atoms with E-state index in [1.807, 2.05) is 54.6 Å². The molecule has 0 aliphatic rings. The maximum atomic E-state index is 9.61. The summed E-state index contributed by atoms with van der Waals surface area (Å²) < 4.78 is 5.74. The molecular weight excluding hydrogens is 260 g/mol. The van der Waals surface area contributed by atoms with Crippen LogP contribution in [0.3, 0.4) is 0 Å². The maximum absolute atomic E-state index is 9.61. The third-order valence-electron chi connectivity index (χ3n) is 3.29. The number of hydrogen-bond acceptors (Lipinski definition) is 2. The van der Waals surface area contributed by atoms with Crippen LogP contribution in [-0.4, -0.2) is 11.2 Å². The van der Waals surface area contributed by atoms with Crippen LogP contribution >= 0.6 is 0 Å². The van der Waals surface area contributed by atoms with Gasteiger partial charge in [0, 0.05) is 6.42 Å². The van der Waals surface area contributed by atoms with Crippen LogP contribution in [0.2, 0.25) is 0 Å². The molecule has 0 saturated carbocycles. The van der Waals surface area contributed by atoms with Gasteiger partial charge in [-0.25, -0.2) is 0 Å². The van der Waals surface area contributed by atoms with Gasteiger partial charge in [0.2, 0.25) is 0 Å². The van der Waals surface area contributed by atoms with Crippen molar-refractivity contribution in [2.24, 2.45) is 0 Å². The molecule has 0 aromatic heterocycles. The quantitative estimate of drug-likeness (QED) is 0.785. The summed E-state index contributed by atoms with van der Waals surface area (Å²) in [5.74, 6) is 3.33. The molecule has 0 spiro atoms. The zero-order valence-electron chi connectivity index (χ0n) is 12.0. The zero-order chi connectivity index (χ0) is 14.9. The lowest BCUT2D eigenvalue weighted by molar-refractivity contribution is 0.170. The molecule has 1 atom stereocenters. The fraction of sp³-hybridized carbons (Fsp3) is 0.263. The van der Waals surface area contributed by atoms with Crippen molar-refractivity contribution in [1.82, 2.24) is 0 Å². The largest absolute Gasteiger partial charge is 0.489 e. The number of aliphatic hydroxyl groups is 1. The molecule has 108 valence electrons. The van der Waals surface area contributed by atoms with Crippen LogP contribution in [0.1, 0.15) is 24.0 Å². The molecule has 0 heterocycles. The molecule has 0 fully saturated rings. The minimum atomic E-state index is -0.413. The Kier molecular flexibility index (Phi) is 5.87.